The zero-order chi connectivity index (χ0) is 22.0. The topological polar surface area (TPSA) is 81.9 Å². The molecular formula is C18H13F5N2O5. The van der Waals surface area contributed by atoms with Gasteiger partial charge in [-0.2, -0.15) is 0 Å². The zero-order valence-corrected chi connectivity index (χ0v) is 15.1. The first-order chi connectivity index (χ1) is 14.2. The number of halogens is 5. The number of carbonyl (C=O) groups excluding carboxylic acids is 1. The van der Waals surface area contributed by atoms with Gasteiger partial charge in [-0.05, 0) is 6.07 Å². The van der Waals surface area contributed by atoms with Gasteiger partial charge in [-0.25, -0.2) is 26.7 Å². The molecule has 1 heterocycles. The third kappa shape index (κ3) is 4.03. The van der Waals surface area contributed by atoms with Crippen LogP contribution in [0.2, 0.25) is 0 Å². The van der Waals surface area contributed by atoms with Crippen molar-refractivity contribution in [3.8, 4) is 0 Å². The molecule has 0 unspecified atom stereocenters. The number of rotatable bonds is 5. The number of hydrogen-bond donors (Lipinski definition) is 0. The summed E-state index contributed by atoms with van der Waals surface area (Å²) in [5.41, 5.74) is -1.84. The van der Waals surface area contributed by atoms with Gasteiger partial charge in [0.15, 0.2) is 23.3 Å². The van der Waals surface area contributed by atoms with Crippen molar-refractivity contribution in [1.82, 2.24) is 0 Å². The monoisotopic (exact) mass is 432 g/mol. The molecule has 0 N–H and O–H groups in total. The van der Waals surface area contributed by atoms with Gasteiger partial charge in [0.1, 0.15) is 6.61 Å². The van der Waals surface area contributed by atoms with Crippen molar-refractivity contribution in [2.45, 2.75) is 6.61 Å². The minimum absolute atomic E-state index is 0.242. The second-order valence-electron chi connectivity index (χ2n) is 6.18. The summed E-state index contributed by atoms with van der Waals surface area (Å²) in [5, 5.41) is 11.0. The largest absolute Gasteiger partial charge is 0.457 e. The van der Waals surface area contributed by atoms with Crippen LogP contribution in [0.25, 0.3) is 0 Å². The molecule has 1 aliphatic heterocycles. The number of esters is 1. The maximum Gasteiger partial charge on any atom is 0.340 e. The lowest BCUT2D eigenvalue weighted by atomic mass is 10.1. The fraction of sp³-hybridized carbons (Fsp3) is 0.278. The van der Waals surface area contributed by atoms with Crippen LogP contribution in [-0.2, 0) is 16.1 Å². The average molecular weight is 432 g/mol. The molecule has 1 fully saturated rings. The van der Waals surface area contributed by atoms with Crippen LogP contribution in [0.4, 0.5) is 33.3 Å². The SMILES string of the molecule is O=C(OCc1c(F)c(F)c(F)c(F)c1F)c1cc([N+](=O)[O-])ccc1N1CCOCC1. The van der Waals surface area contributed by atoms with Gasteiger partial charge >= 0.3 is 5.97 Å². The highest BCUT2D eigenvalue weighted by Crippen LogP contribution is 2.28. The Hall–Kier alpha value is -3.28. The van der Waals surface area contributed by atoms with E-state index >= 15 is 0 Å². The number of non-ortho nitro benzene ring substituents is 1. The highest BCUT2D eigenvalue weighted by Gasteiger charge is 2.28. The molecule has 30 heavy (non-hydrogen) atoms. The number of morpholine rings is 1. The lowest BCUT2D eigenvalue weighted by Crippen LogP contribution is -2.37. The molecule has 0 saturated carbocycles. The number of nitro benzene ring substituents is 1. The number of hydrogen-bond acceptors (Lipinski definition) is 6. The molecule has 7 nitrogen and oxygen atoms in total. The van der Waals surface area contributed by atoms with Crippen LogP contribution in [-0.4, -0.2) is 37.2 Å². The van der Waals surface area contributed by atoms with E-state index in [1.807, 2.05) is 0 Å². The molecule has 1 saturated heterocycles. The molecule has 0 atom stereocenters. The quantitative estimate of drug-likeness (QED) is 0.180. The van der Waals surface area contributed by atoms with Crippen molar-refractivity contribution in [1.29, 1.82) is 0 Å². The Morgan fingerprint density at radius 3 is 2.17 bits per heavy atom. The predicted octanol–water partition coefficient (Wildman–Crippen LogP) is 3.48. The summed E-state index contributed by atoms with van der Waals surface area (Å²) >= 11 is 0. The molecule has 0 spiro atoms. The third-order valence-electron chi connectivity index (χ3n) is 4.41. The van der Waals surface area contributed by atoms with E-state index in [0.717, 1.165) is 12.1 Å². The van der Waals surface area contributed by atoms with E-state index in [0.29, 0.717) is 26.3 Å². The number of anilines is 1. The van der Waals surface area contributed by atoms with Crippen LogP contribution in [0.5, 0.6) is 0 Å². The summed E-state index contributed by atoms with van der Waals surface area (Å²) in [6.07, 6.45) is 0. The van der Waals surface area contributed by atoms with E-state index in [9.17, 15) is 36.9 Å². The van der Waals surface area contributed by atoms with Gasteiger partial charge in [-0.3, -0.25) is 10.1 Å². The van der Waals surface area contributed by atoms with Crippen LogP contribution < -0.4 is 4.90 Å². The minimum Gasteiger partial charge on any atom is -0.457 e. The molecule has 2 aromatic carbocycles. The Kier molecular flexibility index (Phi) is 6.15. The summed E-state index contributed by atoms with van der Waals surface area (Å²) in [7, 11) is 0. The molecule has 3 rings (SSSR count). The minimum atomic E-state index is -2.34. The Bertz CT molecular complexity index is 982. The predicted molar refractivity (Wildman–Crippen MR) is 91.5 cm³/mol. The van der Waals surface area contributed by atoms with Crippen LogP contribution in [0.15, 0.2) is 18.2 Å². The second kappa shape index (κ2) is 8.61. The van der Waals surface area contributed by atoms with Gasteiger partial charge in [-0.15, -0.1) is 0 Å². The first kappa shape index (κ1) is 21.4. The Morgan fingerprint density at radius 1 is 1.03 bits per heavy atom. The molecule has 160 valence electrons. The van der Waals surface area contributed by atoms with Crippen molar-refractivity contribution in [2.24, 2.45) is 0 Å². The standard InChI is InChI=1S/C18H13F5N2O5/c19-13-11(14(20)16(22)17(23)15(13)21)8-30-18(26)10-7-9(25(27)28)1-2-12(10)24-3-5-29-6-4-24/h1-2,7H,3-6,8H2. The first-order valence-electron chi connectivity index (χ1n) is 8.51. The van der Waals surface area contributed by atoms with E-state index in [-0.39, 0.29) is 11.3 Å². The van der Waals surface area contributed by atoms with E-state index in [4.69, 9.17) is 9.47 Å². The lowest BCUT2D eigenvalue weighted by Gasteiger charge is -2.30. The molecule has 0 radical (unpaired) electrons. The highest BCUT2D eigenvalue weighted by molar-refractivity contribution is 5.96. The fourth-order valence-electron chi connectivity index (χ4n) is 2.87. The molecule has 0 amide bonds. The van der Waals surface area contributed by atoms with Gasteiger partial charge in [0.25, 0.3) is 5.69 Å². The number of nitro groups is 1. The first-order valence-corrected chi connectivity index (χ1v) is 8.51. The van der Waals surface area contributed by atoms with E-state index in [2.05, 4.69) is 0 Å². The van der Waals surface area contributed by atoms with Crippen molar-refractivity contribution in [3.63, 3.8) is 0 Å². The molecule has 0 aromatic heterocycles. The Labute approximate surface area is 165 Å². The molecule has 12 heteroatoms. The smallest absolute Gasteiger partial charge is 0.340 e. The highest BCUT2D eigenvalue weighted by atomic mass is 19.2. The summed E-state index contributed by atoms with van der Waals surface area (Å²) in [6, 6.07) is 3.37. The maximum absolute atomic E-state index is 13.8. The summed E-state index contributed by atoms with van der Waals surface area (Å²) in [6.45, 7) is 0.105. The Morgan fingerprint density at radius 2 is 1.60 bits per heavy atom. The molecule has 2 aromatic rings. The molecule has 1 aliphatic rings. The molecule has 0 bridgehead atoms. The third-order valence-corrected chi connectivity index (χ3v) is 4.41. The van der Waals surface area contributed by atoms with Crippen LogP contribution in [0.1, 0.15) is 15.9 Å². The number of benzene rings is 2. The van der Waals surface area contributed by atoms with Crippen molar-refractivity contribution < 1.29 is 41.1 Å². The fourth-order valence-corrected chi connectivity index (χ4v) is 2.87. The number of nitrogens with zero attached hydrogens (tertiary/aromatic N) is 2. The summed E-state index contributed by atoms with van der Waals surface area (Å²) in [5.74, 6) is -12.2. The number of carbonyl (C=O) groups is 1. The van der Waals surface area contributed by atoms with Gasteiger partial charge in [-0.1, -0.05) is 0 Å². The van der Waals surface area contributed by atoms with Crippen LogP contribution >= 0.6 is 0 Å². The van der Waals surface area contributed by atoms with E-state index in [1.165, 1.54) is 6.07 Å². The van der Waals surface area contributed by atoms with Gasteiger partial charge < -0.3 is 14.4 Å². The zero-order valence-electron chi connectivity index (χ0n) is 15.1. The van der Waals surface area contributed by atoms with Crippen molar-refractivity contribution in [2.75, 3.05) is 31.2 Å². The molecule has 0 aliphatic carbocycles. The van der Waals surface area contributed by atoms with Crippen LogP contribution in [0.3, 0.4) is 0 Å². The average Bonchev–Trinajstić information content (AvgIpc) is 2.76. The summed E-state index contributed by atoms with van der Waals surface area (Å²) in [4.78, 5) is 24.5. The van der Waals surface area contributed by atoms with Crippen LogP contribution in [0, 0.1) is 39.2 Å². The van der Waals surface area contributed by atoms with Gasteiger partial charge in [0.2, 0.25) is 5.82 Å². The van der Waals surface area contributed by atoms with E-state index in [1.54, 1.807) is 4.90 Å². The molecular weight excluding hydrogens is 419 g/mol. The summed E-state index contributed by atoms with van der Waals surface area (Å²) < 4.78 is 77.2. The number of ether oxygens (including phenoxy) is 2. The van der Waals surface area contributed by atoms with Gasteiger partial charge in [0.05, 0.1) is 35.0 Å². The van der Waals surface area contributed by atoms with Crippen molar-refractivity contribution >= 4 is 17.3 Å². The van der Waals surface area contributed by atoms with Gasteiger partial charge in [0, 0.05) is 25.2 Å². The second-order valence-corrected chi connectivity index (χ2v) is 6.18. The van der Waals surface area contributed by atoms with E-state index < -0.39 is 57.8 Å². The Balaban J connectivity index is 1.91. The lowest BCUT2D eigenvalue weighted by molar-refractivity contribution is -0.384. The maximum atomic E-state index is 13.8. The van der Waals surface area contributed by atoms with Crippen molar-refractivity contribution in [3.05, 3.63) is 68.5 Å². The normalized spacial score (nSPS) is 14.0.